The third kappa shape index (κ3) is 4.17. The summed E-state index contributed by atoms with van der Waals surface area (Å²) in [6.45, 7) is 5.84. The van der Waals surface area contributed by atoms with Gasteiger partial charge in [0.15, 0.2) is 0 Å². The summed E-state index contributed by atoms with van der Waals surface area (Å²) in [5.74, 6) is 1.38. The van der Waals surface area contributed by atoms with Crippen LogP contribution in [0.1, 0.15) is 45.4 Å². The Morgan fingerprint density at radius 1 is 1.11 bits per heavy atom. The number of rotatable bonds is 4. The van der Waals surface area contributed by atoms with E-state index in [1.54, 1.807) is 0 Å². The van der Waals surface area contributed by atoms with Gasteiger partial charge in [-0.2, -0.15) is 0 Å². The van der Waals surface area contributed by atoms with Crippen molar-refractivity contribution in [2.75, 3.05) is 33.7 Å². The molecule has 0 radical (unpaired) electrons. The molecule has 3 nitrogen and oxygen atoms in total. The summed E-state index contributed by atoms with van der Waals surface area (Å²) < 4.78 is 0. The summed E-state index contributed by atoms with van der Waals surface area (Å²) in [6, 6.07) is 0.760. The molecule has 0 amide bonds. The molecule has 0 aromatic carbocycles. The Balaban J connectivity index is 1.78. The number of piperidine rings is 1. The van der Waals surface area contributed by atoms with Crippen molar-refractivity contribution in [2.45, 2.75) is 57.6 Å². The van der Waals surface area contributed by atoms with Crippen LogP contribution in [0.25, 0.3) is 0 Å². The second-order valence-electron chi connectivity index (χ2n) is 6.91. The maximum absolute atomic E-state index is 10.2. The Kier molecular flexibility index (Phi) is 5.67. The zero-order valence-corrected chi connectivity index (χ0v) is 13.0. The molecule has 3 unspecified atom stereocenters. The third-order valence-electron chi connectivity index (χ3n) is 5.41. The van der Waals surface area contributed by atoms with Crippen LogP contribution in [-0.2, 0) is 0 Å². The van der Waals surface area contributed by atoms with Gasteiger partial charge in [-0.1, -0.05) is 13.3 Å². The fourth-order valence-corrected chi connectivity index (χ4v) is 3.86. The highest BCUT2D eigenvalue weighted by atomic mass is 16.3. The molecule has 112 valence electrons. The number of nitrogens with zero attached hydrogens (tertiary/aromatic N) is 2. The van der Waals surface area contributed by atoms with Gasteiger partial charge < -0.3 is 14.9 Å². The summed E-state index contributed by atoms with van der Waals surface area (Å²) in [5, 5.41) is 10.2. The molecule has 1 N–H and O–H groups in total. The van der Waals surface area contributed by atoms with Crippen molar-refractivity contribution in [3.05, 3.63) is 0 Å². The molecule has 3 atom stereocenters. The summed E-state index contributed by atoms with van der Waals surface area (Å²) >= 11 is 0. The molecular weight excluding hydrogens is 236 g/mol. The topological polar surface area (TPSA) is 26.7 Å². The zero-order valence-electron chi connectivity index (χ0n) is 13.0. The lowest BCUT2D eigenvalue weighted by Gasteiger charge is -2.40. The van der Waals surface area contributed by atoms with Gasteiger partial charge in [-0.05, 0) is 71.1 Å². The molecule has 19 heavy (non-hydrogen) atoms. The number of likely N-dealkylation sites (tertiary alicyclic amines) is 1. The molecule has 3 heteroatoms. The first-order valence-corrected chi connectivity index (χ1v) is 8.17. The second kappa shape index (κ2) is 7.05. The van der Waals surface area contributed by atoms with Gasteiger partial charge in [-0.15, -0.1) is 0 Å². The molecule has 1 saturated heterocycles. The minimum absolute atomic E-state index is 0.0469. The number of aliphatic hydroxyl groups excluding tert-OH is 1. The standard InChI is InChI=1S/C16H32N2O/c1-4-13-5-6-16(19)14(11-13)12-18-9-7-15(8-10-18)17(2)3/h13-16,19H,4-12H2,1-3H3. The van der Waals surface area contributed by atoms with Crippen LogP contribution in [0.4, 0.5) is 0 Å². The molecule has 0 aromatic rings. The van der Waals surface area contributed by atoms with Gasteiger partial charge in [-0.25, -0.2) is 0 Å². The number of hydrogen-bond acceptors (Lipinski definition) is 3. The van der Waals surface area contributed by atoms with E-state index in [0.29, 0.717) is 5.92 Å². The van der Waals surface area contributed by atoms with E-state index in [9.17, 15) is 5.11 Å². The van der Waals surface area contributed by atoms with E-state index in [-0.39, 0.29) is 6.10 Å². The molecule has 0 aromatic heterocycles. The second-order valence-corrected chi connectivity index (χ2v) is 6.91. The predicted molar refractivity (Wildman–Crippen MR) is 80.3 cm³/mol. The lowest BCUT2D eigenvalue weighted by atomic mass is 9.78. The molecule has 1 saturated carbocycles. The zero-order chi connectivity index (χ0) is 13.8. The van der Waals surface area contributed by atoms with Crippen molar-refractivity contribution in [3.63, 3.8) is 0 Å². The fraction of sp³-hybridized carbons (Fsp3) is 1.00. The Morgan fingerprint density at radius 2 is 1.79 bits per heavy atom. The Hall–Kier alpha value is -0.120. The first-order chi connectivity index (χ1) is 9.10. The normalized spacial score (nSPS) is 34.9. The molecule has 1 aliphatic heterocycles. The van der Waals surface area contributed by atoms with Gasteiger partial charge >= 0.3 is 0 Å². The molecule has 1 heterocycles. The molecular formula is C16H32N2O. The Labute approximate surface area is 119 Å². The maximum atomic E-state index is 10.2. The van der Waals surface area contributed by atoms with Gasteiger partial charge in [0.25, 0.3) is 0 Å². The monoisotopic (exact) mass is 268 g/mol. The molecule has 2 rings (SSSR count). The Bertz CT molecular complexity index is 261. The van der Waals surface area contributed by atoms with Crippen LogP contribution < -0.4 is 0 Å². The first kappa shape index (κ1) is 15.3. The molecule has 0 spiro atoms. The first-order valence-electron chi connectivity index (χ1n) is 8.17. The van der Waals surface area contributed by atoms with Crippen molar-refractivity contribution in [1.82, 2.24) is 9.80 Å². The Morgan fingerprint density at radius 3 is 2.37 bits per heavy atom. The van der Waals surface area contributed by atoms with Crippen LogP contribution in [0.2, 0.25) is 0 Å². The van der Waals surface area contributed by atoms with Crippen LogP contribution in [0.5, 0.6) is 0 Å². The van der Waals surface area contributed by atoms with Crippen LogP contribution in [0.15, 0.2) is 0 Å². The highest BCUT2D eigenvalue weighted by Gasteiger charge is 2.31. The smallest absolute Gasteiger partial charge is 0.0580 e. The van der Waals surface area contributed by atoms with Gasteiger partial charge in [0.05, 0.1) is 6.10 Å². The van der Waals surface area contributed by atoms with Crippen molar-refractivity contribution in [2.24, 2.45) is 11.8 Å². The summed E-state index contributed by atoms with van der Waals surface area (Å²) in [4.78, 5) is 4.95. The van der Waals surface area contributed by atoms with E-state index >= 15 is 0 Å². The highest BCUT2D eigenvalue weighted by molar-refractivity contribution is 4.84. The van der Waals surface area contributed by atoms with Crippen molar-refractivity contribution < 1.29 is 5.11 Å². The van der Waals surface area contributed by atoms with E-state index in [1.807, 2.05) is 0 Å². The average Bonchev–Trinajstić information content (AvgIpc) is 2.42. The lowest BCUT2D eigenvalue weighted by Crippen LogP contribution is -2.46. The van der Waals surface area contributed by atoms with E-state index in [4.69, 9.17) is 0 Å². The predicted octanol–water partition coefficient (Wildman–Crippen LogP) is 2.20. The van der Waals surface area contributed by atoms with E-state index in [0.717, 1.165) is 24.9 Å². The SMILES string of the molecule is CCC1CCC(O)C(CN2CCC(N(C)C)CC2)C1. The van der Waals surface area contributed by atoms with Crippen LogP contribution in [0.3, 0.4) is 0 Å². The van der Waals surface area contributed by atoms with Gasteiger partial charge in [0, 0.05) is 12.6 Å². The summed E-state index contributed by atoms with van der Waals surface area (Å²) in [7, 11) is 4.38. The van der Waals surface area contributed by atoms with Gasteiger partial charge in [0.2, 0.25) is 0 Å². The fourth-order valence-electron chi connectivity index (χ4n) is 3.86. The quantitative estimate of drug-likeness (QED) is 0.847. The average molecular weight is 268 g/mol. The van der Waals surface area contributed by atoms with Crippen LogP contribution in [-0.4, -0.2) is 60.8 Å². The van der Waals surface area contributed by atoms with E-state index < -0.39 is 0 Å². The van der Waals surface area contributed by atoms with E-state index in [2.05, 4.69) is 30.8 Å². The van der Waals surface area contributed by atoms with Crippen LogP contribution in [0, 0.1) is 11.8 Å². The minimum atomic E-state index is -0.0469. The highest BCUT2D eigenvalue weighted by Crippen LogP contribution is 2.32. The molecule has 1 aliphatic carbocycles. The summed E-state index contributed by atoms with van der Waals surface area (Å²) in [5.41, 5.74) is 0. The largest absolute Gasteiger partial charge is 0.393 e. The number of aliphatic hydroxyl groups is 1. The molecule has 0 bridgehead atoms. The third-order valence-corrected chi connectivity index (χ3v) is 5.41. The molecule has 2 fully saturated rings. The maximum Gasteiger partial charge on any atom is 0.0580 e. The van der Waals surface area contributed by atoms with Gasteiger partial charge in [-0.3, -0.25) is 0 Å². The lowest BCUT2D eigenvalue weighted by molar-refractivity contribution is 0.0185. The molecule has 2 aliphatic rings. The van der Waals surface area contributed by atoms with Gasteiger partial charge in [0.1, 0.15) is 0 Å². The summed E-state index contributed by atoms with van der Waals surface area (Å²) in [6.07, 6.45) is 7.31. The van der Waals surface area contributed by atoms with Crippen molar-refractivity contribution in [3.8, 4) is 0 Å². The van der Waals surface area contributed by atoms with Crippen molar-refractivity contribution >= 4 is 0 Å². The minimum Gasteiger partial charge on any atom is -0.393 e. The van der Waals surface area contributed by atoms with Crippen LogP contribution >= 0.6 is 0 Å². The number of hydrogen-bond donors (Lipinski definition) is 1. The van der Waals surface area contributed by atoms with E-state index in [1.165, 1.54) is 45.2 Å². The van der Waals surface area contributed by atoms with Crippen molar-refractivity contribution in [1.29, 1.82) is 0 Å².